The summed E-state index contributed by atoms with van der Waals surface area (Å²) in [7, 11) is 0. The first-order valence-electron chi connectivity index (χ1n) is 4.37. The number of aliphatic hydroxyl groups is 3. The quantitative estimate of drug-likeness (QED) is 0.224. The lowest BCUT2D eigenvalue weighted by atomic mass is 9.83. The van der Waals surface area contributed by atoms with Crippen molar-refractivity contribution in [3.63, 3.8) is 0 Å². The first-order chi connectivity index (χ1) is 6.66. The molecule has 0 aromatic heterocycles. The third-order valence-electron chi connectivity index (χ3n) is 2.81. The molecular formula is C7H11N3O4. The first kappa shape index (κ1) is 9.70. The molecular weight excluding hydrogens is 190 g/mol. The molecule has 2 aliphatic rings. The SMILES string of the molecule is [N-]=[N+]=NC[C@@H]1[C@H](O)[C@H](O)[C@@H](O)[C@H]2O[C@@H]12. The number of epoxide rings is 1. The number of hydrogen-bond acceptors (Lipinski definition) is 5. The van der Waals surface area contributed by atoms with Gasteiger partial charge in [0.05, 0.1) is 12.2 Å². The van der Waals surface area contributed by atoms with E-state index in [1.807, 2.05) is 0 Å². The van der Waals surface area contributed by atoms with Crippen molar-refractivity contribution in [3.8, 4) is 0 Å². The van der Waals surface area contributed by atoms with Gasteiger partial charge in [-0.05, 0) is 5.53 Å². The second-order valence-corrected chi connectivity index (χ2v) is 3.61. The van der Waals surface area contributed by atoms with Crippen LogP contribution >= 0.6 is 0 Å². The summed E-state index contributed by atoms with van der Waals surface area (Å²) in [5.74, 6) is -0.422. The first-order valence-corrected chi connectivity index (χ1v) is 4.37. The second kappa shape index (κ2) is 3.38. The maximum atomic E-state index is 9.56. The largest absolute Gasteiger partial charge is 0.390 e. The van der Waals surface area contributed by atoms with Crippen molar-refractivity contribution in [1.82, 2.24) is 0 Å². The van der Waals surface area contributed by atoms with Gasteiger partial charge in [-0.1, -0.05) is 5.11 Å². The van der Waals surface area contributed by atoms with Crippen molar-refractivity contribution >= 4 is 0 Å². The van der Waals surface area contributed by atoms with Gasteiger partial charge in [0.2, 0.25) is 0 Å². The molecule has 1 saturated carbocycles. The monoisotopic (exact) mass is 201 g/mol. The number of aliphatic hydroxyl groups excluding tert-OH is 3. The fourth-order valence-electron chi connectivity index (χ4n) is 1.94. The lowest BCUT2D eigenvalue weighted by Gasteiger charge is -2.31. The zero-order valence-corrected chi connectivity index (χ0v) is 7.26. The van der Waals surface area contributed by atoms with Gasteiger partial charge in [0.15, 0.2) is 0 Å². The zero-order valence-electron chi connectivity index (χ0n) is 7.26. The summed E-state index contributed by atoms with van der Waals surface area (Å²) in [5, 5.41) is 31.6. The molecule has 0 aromatic carbocycles. The zero-order chi connectivity index (χ0) is 10.3. The van der Waals surface area contributed by atoms with Crippen LogP contribution in [0.2, 0.25) is 0 Å². The molecule has 1 saturated heterocycles. The molecule has 0 spiro atoms. The number of ether oxygens (including phenoxy) is 1. The molecule has 6 atom stereocenters. The second-order valence-electron chi connectivity index (χ2n) is 3.61. The number of hydrogen-bond donors (Lipinski definition) is 3. The van der Waals surface area contributed by atoms with Crippen molar-refractivity contribution in [2.75, 3.05) is 6.54 Å². The van der Waals surface area contributed by atoms with Gasteiger partial charge in [-0.2, -0.15) is 0 Å². The Morgan fingerprint density at radius 3 is 2.50 bits per heavy atom. The highest BCUT2D eigenvalue weighted by Gasteiger charge is 2.59. The Balaban J connectivity index is 2.07. The standard InChI is InChI=1S/C7H11N3O4/c8-10-9-1-2-3(11)4(12)5(13)7-6(2)14-7/h2-7,11-13H,1H2/t2-,3+,4+,5-,6+,7-/m1/s1. The van der Waals surface area contributed by atoms with E-state index in [-0.39, 0.29) is 12.6 Å². The Morgan fingerprint density at radius 2 is 1.86 bits per heavy atom. The molecule has 0 bridgehead atoms. The summed E-state index contributed by atoms with van der Waals surface area (Å²) in [6, 6.07) is 0. The smallest absolute Gasteiger partial charge is 0.113 e. The molecule has 0 unspecified atom stereocenters. The van der Waals surface area contributed by atoms with Crippen LogP contribution < -0.4 is 0 Å². The van der Waals surface area contributed by atoms with Gasteiger partial charge >= 0.3 is 0 Å². The summed E-state index contributed by atoms with van der Waals surface area (Å²) < 4.78 is 5.09. The van der Waals surface area contributed by atoms with Crippen LogP contribution in [0, 0.1) is 5.92 Å². The van der Waals surface area contributed by atoms with E-state index in [4.69, 9.17) is 10.3 Å². The maximum Gasteiger partial charge on any atom is 0.113 e. The van der Waals surface area contributed by atoms with Gasteiger partial charge in [0.1, 0.15) is 18.3 Å². The van der Waals surface area contributed by atoms with Crippen molar-refractivity contribution < 1.29 is 20.1 Å². The number of fused-ring (bicyclic) bond motifs is 1. The van der Waals surface area contributed by atoms with E-state index in [9.17, 15) is 15.3 Å². The van der Waals surface area contributed by atoms with E-state index in [0.29, 0.717) is 0 Å². The fraction of sp³-hybridized carbons (Fsp3) is 1.00. The highest BCUT2D eigenvalue weighted by molar-refractivity contribution is 5.08. The van der Waals surface area contributed by atoms with Crippen LogP contribution in [0.5, 0.6) is 0 Å². The molecule has 2 fully saturated rings. The molecule has 78 valence electrons. The molecule has 1 aliphatic heterocycles. The third-order valence-corrected chi connectivity index (χ3v) is 2.81. The van der Waals surface area contributed by atoms with Crippen molar-refractivity contribution in [1.29, 1.82) is 0 Å². The number of nitrogens with zero attached hydrogens (tertiary/aromatic N) is 3. The average Bonchev–Trinajstić information content (AvgIpc) is 2.94. The Hall–Kier alpha value is -0.850. The van der Waals surface area contributed by atoms with Crippen molar-refractivity contribution in [2.24, 2.45) is 11.0 Å². The third kappa shape index (κ3) is 1.35. The summed E-state index contributed by atoms with van der Waals surface area (Å²) in [6.45, 7) is 0.0720. The van der Waals surface area contributed by atoms with Gasteiger partial charge < -0.3 is 20.1 Å². The summed E-state index contributed by atoms with van der Waals surface area (Å²) in [5.41, 5.74) is 8.12. The molecule has 7 heteroatoms. The van der Waals surface area contributed by atoms with Crippen LogP contribution in [0.4, 0.5) is 0 Å². The molecule has 2 rings (SSSR count). The highest BCUT2D eigenvalue weighted by atomic mass is 16.6. The summed E-state index contributed by atoms with van der Waals surface area (Å²) in [4.78, 5) is 2.58. The van der Waals surface area contributed by atoms with Crippen LogP contribution in [0.1, 0.15) is 0 Å². The Morgan fingerprint density at radius 1 is 1.14 bits per heavy atom. The van der Waals surface area contributed by atoms with Gasteiger partial charge in [0, 0.05) is 17.4 Å². The van der Waals surface area contributed by atoms with E-state index in [1.165, 1.54) is 0 Å². The van der Waals surface area contributed by atoms with Gasteiger partial charge in [-0.25, -0.2) is 0 Å². The van der Waals surface area contributed by atoms with E-state index in [1.54, 1.807) is 0 Å². The maximum absolute atomic E-state index is 9.56. The normalized spacial score (nSPS) is 50.5. The Kier molecular flexibility index (Phi) is 2.34. The van der Waals surface area contributed by atoms with Gasteiger partial charge in [0.25, 0.3) is 0 Å². The molecule has 1 aliphatic carbocycles. The van der Waals surface area contributed by atoms with Crippen LogP contribution in [-0.4, -0.2) is 52.4 Å². The van der Waals surface area contributed by atoms with Gasteiger partial charge in [-0.15, -0.1) is 0 Å². The van der Waals surface area contributed by atoms with E-state index >= 15 is 0 Å². The van der Waals surface area contributed by atoms with Crippen LogP contribution in [-0.2, 0) is 4.74 Å². The number of rotatable bonds is 2. The minimum absolute atomic E-state index is 0.0720. The molecule has 3 N–H and O–H groups in total. The molecule has 0 aromatic rings. The molecule has 0 radical (unpaired) electrons. The Bertz CT molecular complexity index is 280. The van der Waals surface area contributed by atoms with E-state index in [2.05, 4.69) is 10.0 Å². The predicted octanol–water partition coefficient (Wildman–Crippen LogP) is -1.22. The molecule has 14 heavy (non-hydrogen) atoms. The summed E-state index contributed by atoms with van der Waals surface area (Å²) in [6.07, 6.45) is -4.09. The minimum atomic E-state index is -1.22. The molecule has 7 nitrogen and oxygen atoms in total. The topological polar surface area (TPSA) is 122 Å². The van der Waals surface area contributed by atoms with Crippen molar-refractivity contribution in [2.45, 2.75) is 30.5 Å². The van der Waals surface area contributed by atoms with Crippen molar-refractivity contribution in [3.05, 3.63) is 10.4 Å². The number of azide groups is 1. The molecule has 0 amide bonds. The molecule has 1 heterocycles. The lowest BCUT2D eigenvalue weighted by molar-refractivity contribution is -0.0956. The predicted molar refractivity (Wildman–Crippen MR) is 44.2 cm³/mol. The van der Waals surface area contributed by atoms with Gasteiger partial charge in [-0.3, -0.25) is 0 Å². The average molecular weight is 201 g/mol. The summed E-state index contributed by atoms with van der Waals surface area (Å²) >= 11 is 0. The lowest BCUT2D eigenvalue weighted by Crippen LogP contribution is -2.51. The highest BCUT2D eigenvalue weighted by Crippen LogP contribution is 2.41. The van der Waals surface area contributed by atoms with E-state index in [0.717, 1.165) is 0 Å². The minimum Gasteiger partial charge on any atom is -0.390 e. The van der Waals surface area contributed by atoms with Crippen LogP contribution in [0.25, 0.3) is 10.4 Å². The van der Waals surface area contributed by atoms with Crippen LogP contribution in [0.3, 0.4) is 0 Å². The Labute approximate surface area is 79.5 Å². The fourth-order valence-corrected chi connectivity index (χ4v) is 1.94. The van der Waals surface area contributed by atoms with E-state index < -0.39 is 30.3 Å². The van der Waals surface area contributed by atoms with Crippen LogP contribution in [0.15, 0.2) is 5.11 Å².